The molecule has 0 aliphatic heterocycles. The molecule has 24 heavy (non-hydrogen) atoms. The van der Waals surface area contributed by atoms with Crippen LogP contribution in [0.4, 0.5) is 5.69 Å². The monoisotopic (exact) mass is 347 g/mol. The number of rotatable bonds is 5. The number of aryl methyl sites for hydroxylation is 2. The fraction of sp³-hybridized carbons (Fsp3) is 0.235. The molecule has 0 unspecified atom stereocenters. The SMILES string of the molecule is CSc1cccc(NC(=O)COC(=O)c2c(C)cc(=O)oc2C)c1. The largest absolute Gasteiger partial charge is 0.452 e. The van der Waals surface area contributed by atoms with E-state index in [1.807, 2.05) is 24.5 Å². The highest BCUT2D eigenvalue weighted by Crippen LogP contribution is 2.19. The van der Waals surface area contributed by atoms with Crippen LogP contribution in [-0.2, 0) is 9.53 Å². The fourth-order valence-electron chi connectivity index (χ4n) is 2.16. The van der Waals surface area contributed by atoms with Crippen molar-refractivity contribution in [2.45, 2.75) is 18.7 Å². The van der Waals surface area contributed by atoms with Crippen molar-refractivity contribution in [1.82, 2.24) is 0 Å². The summed E-state index contributed by atoms with van der Waals surface area (Å²) in [7, 11) is 0. The van der Waals surface area contributed by atoms with Crippen LogP contribution in [-0.4, -0.2) is 24.7 Å². The standard InChI is InChI=1S/C17H17NO5S/c1-10-7-15(20)23-11(2)16(10)17(21)22-9-14(19)18-12-5-4-6-13(8-12)24-3/h4-8H,9H2,1-3H3,(H,18,19). The number of carbonyl (C=O) groups excluding carboxylic acids is 2. The van der Waals surface area contributed by atoms with Gasteiger partial charge in [0.1, 0.15) is 11.3 Å². The summed E-state index contributed by atoms with van der Waals surface area (Å²) in [6.45, 7) is 2.67. The van der Waals surface area contributed by atoms with Gasteiger partial charge < -0.3 is 14.5 Å². The van der Waals surface area contributed by atoms with Crippen LogP contribution in [0.25, 0.3) is 0 Å². The van der Waals surface area contributed by atoms with Gasteiger partial charge in [-0.05, 0) is 43.9 Å². The van der Waals surface area contributed by atoms with Gasteiger partial charge in [-0.2, -0.15) is 0 Å². The molecule has 0 atom stereocenters. The molecule has 1 aromatic heterocycles. The third-order valence-corrected chi connectivity index (χ3v) is 3.95. The van der Waals surface area contributed by atoms with E-state index in [0.717, 1.165) is 4.90 Å². The average Bonchev–Trinajstić information content (AvgIpc) is 2.52. The molecule has 2 rings (SSSR count). The third kappa shape index (κ3) is 4.48. The predicted octanol–water partition coefficient (Wildman–Crippen LogP) is 2.77. The summed E-state index contributed by atoms with van der Waals surface area (Å²) in [5, 5.41) is 2.66. The number of hydrogen-bond acceptors (Lipinski definition) is 6. The van der Waals surface area contributed by atoms with Gasteiger partial charge in [-0.1, -0.05) is 6.07 Å². The zero-order valence-corrected chi connectivity index (χ0v) is 14.4. The van der Waals surface area contributed by atoms with Crippen molar-refractivity contribution in [2.75, 3.05) is 18.2 Å². The molecule has 0 saturated heterocycles. The molecule has 0 spiro atoms. The van der Waals surface area contributed by atoms with Gasteiger partial charge >= 0.3 is 11.6 Å². The lowest BCUT2D eigenvalue weighted by Gasteiger charge is -2.09. The molecule has 0 fully saturated rings. The minimum absolute atomic E-state index is 0.159. The van der Waals surface area contributed by atoms with E-state index in [-0.39, 0.29) is 11.3 Å². The molecular formula is C17H17NO5S. The maximum absolute atomic E-state index is 12.1. The van der Waals surface area contributed by atoms with Crippen molar-refractivity contribution in [3.8, 4) is 0 Å². The Bertz CT molecular complexity index is 802. The van der Waals surface area contributed by atoms with Gasteiger partial charge in [0.25, 0.3) is 5.91 Å². The molecule has 0 radical (unpaired) electrons. The molecule has 0 aliphatic carbocycles. The van der Waals surface area contributed by atoms with Gasteiger partial charge in [-0.25, -0.2) is 9.59 Å². The van der Waals surface area contributed by atoms with E-state index in [4.69, 9.17) is 9.15 Å². The minimum Gasteiger partial charge on any atom is -0.452 e. The number of thioether (sulfide) groups is 1. The number of amides is 1. The van der Waals surface area contributed by atoms with Crippen LogP contribution < -0.4 is 10.9 Å². The van der Waals surface area contributed by atoms with E-state index in [0.29, 0.717) is 11.3 Å². The molecule has 0 aliphatic rings. The second-order valence-corrected chi connectivity index (χ2v) is 5.92. The highest BCUT2D eigenvalue weighted by atomic mass is 32.2. The average molecular weight is 347 g/mol. The van der Waals surface area contributed by atoms with Gasteiger partial charge in [0.2, 0.25) is 0 Å². The molecule has 1 amide bonds. The molecule has 0 bridgehead atoms. The zero-order valence-electron chi connectivity index (χ0n) is 13.5. The van der Waals surface area contributed by atoms with Gasteiger partial charge in [0, 0.05) is 16.6 Å². The number of anilines is 1. The van der Waals surface area contributed by atoms with E-state index in [1.54, 1.807) is 24.8 Å². The Balaban J connectivity index is 1.99. The van der Waals surface area contributed by atoms with Crippen molar-refractivity contribution in [2.24, 2.45) is 0 Å². The molecule has 0 saturated carbocycles. The fourth-order valence-corrected chi connectivity index (χ4v) is 2.62. The Morgan fingerprint density at radius 2 is 2.00 bits per heavy atom. The number of esters is 1. The highest BCUT2D eigenvalue weighted by Gasteiger charge is 2.18. The van der Waals surface area contributed by atoms with Gasteiger partial charge in [-0.15, -0.1) is 11.8 Å². The van der Waals surface area contributed by atoms with Gasteiger partial charge in [0.05, 0.1) is 0 Å². The topological polar surface area (TPSA) is 85.6 Å². The number of carbonyl (C=O) groups is 2. The number of ether oxygens (including phenoxy) is 1. The Morgan fingerprint density at radius 1 is 1.25 bits per heavy atom. The van der Waals surface area contributed by atoms with E-state index >= 15 is 0 Å². The van der Waals surface area contributed by atoms with Crippen LogP contribution in [0.5, 0.6) is 0 Å². The third-order valence-electron chi connectivity index (χ3n) is 3.23. The molecule has 2 aromatic rings. The van der Waals surface area contributed by atoms with Crippen LogP contribution >= 0.6 is 11.8 Å². The summed E-state index contributed by atoms with van der Waals surface area (Å²) >= 11 is 1.56. The van der Waals surface area contributed by atoms with Crippen molar-refractivity contribution in [3.05, 3.63) is 57.6 Å². The second-order valence-electron chi connectivity index (χ2n) is 5.04. The summed E-state index contributed by atoms with van der Waals surface area (Å²) in [4.78, 5) is 36.2. The van der Waals surface area contributed by atoms with Crippen LogP contribution in [0, 0.1) is 13.8 Å². The van der Waals surface area contributed by atoms with Gasteiger partial charge in [0.15, 0.2) is 6.61 Å². The Hall–Kier alpha value is -2.54. The molecule has 7 heteroatoms. The quantitative estimate of drug-likeness (QED) is 0.661. The molecule has 1 N–H and O–H groups in total. The maximum Gasteiger partial charge on any atom is 0.342 e. The van der Waals surface area contributed by atoms with Crippen molar-refractivity contribution in [3.63, 3.8) is 0 Å². The maximum atomic E-state index is 12.1. The Kier molecular flexibility index (Phi) is 5.81. The lowest BCUT2D eigenvalue weighted by atomic mass is 10.1. The van der Waals surface area contributed by atoms with E-state index in [9.17, 15) is 14.4 Å². The molecule has 6 nitrogen and oxygen atoms in total. The Labute approximate surface area is 143 Å². The first-order valence-electron chi connectivity index (χ1n) is 7.13. The van der Waals surface area contributed by atoms with Crippen molar-refractivity contribution < 1.29 is 18.7 Å². The predicted molar refractivity (Wildman–Crippen MR) is 91.6 cm³/mol. The summed E-state index contributed by atoms with van der Waals surface area (Å²) < 4.78 is 9.88. The normalized spacial score (nSPS) is 10.3. The van der Waals surface area contributed by atoms with Crippen molar-refractivity contribution >= 4 is 29.3 Å². The number of benzene rings is 1. The van der Waals surface area contributed by atoms with Crippen LogP contribution in [0.2, 0.25) is 0 Å². The second kappa shape index (κ2) is 7.83. The molecule has 1 heterocycles. The summed E-state index contributed by atoms with van der Waals surface area (Å²) in [6.07, 6.45) is 1.94. The Morgan fingerprint density at radius 3 is 2.67 bits per heavy atom. The van der Waals surface area contributed by atoms with Crippen molar-refractivity contribution in [1.29, 1.82) is 0 Å². The minimum atomic E-state index is -0.707. The van der Waals surface area contributed by atoms with E-state index < -0.39 is 24.1 Å². The van der Waals surface area contributed by atoms with E-state index in [2.05, 4.69) is 5.32 Å². The first-order chi connectivity index (χ1) is 11.4. The lowest BCUT2D eigenvalue weighted by molar-refractivity contribution is -0.119. The number of nitrogens with one attached hydrogen (secondary N) is 1. The first-order valence-corrected chi connectivity index (χ1v) is 8.35. The van der Waals surface area contributed by atoms with E-state index in [1.165, 1.54) is 13.0 Å². The van der Waals surface area contributed by atoms with Gasteiger partial charge in [-0.3, -0.25) is 4.79 Å². The lowest BCUT2D eigenvalue weighted by Crippen LogP contribution is -2.22. The molecule has 1 aromatic carbocycles. The summed E-state index contributed by atoms with van der Waals surface area (Å²) in [6, 6.07) is 8.53. The molecular weight excluding hydrogens is 330 g/mol. The van der Waals surface area contributed by atoms with Crippen LogP contribution in [0.1, 0.15) is 21.7 Å². The summed E-state index contributed by atoms with van der Waals surface area (Å²) in [5.41, 5.74) is 0.697. The first kappa shape index (κ1) is 17.8. The highest BCUT2D eigenvalue weighted by molar-refractivity contribution is 7.98. The van der Waals surface area contributed by atoms with Crippen LogP contribution in [0.3, 0.4) is 0 Å². The molecule has 126 valence electrons. The zero-order chi connectivity index (χ0) is 17.7. The summed E-state index contributed by atoms with van der Waals surface area (Å²) in [5.74, 6) is -0.992. The smallest absolute Gasteiger partial charge is 0.342 e. The van der Waals surface area contributed by atoms with Crippen LogP contribution in [0.15, 0.2) is 44.4 Å². The number of hydrogen-bond donors (Lipinski definition) is 1.